The summed E-state index contributed by atoms with van der Waals surface area (Å²) in [6, 6.07) is 7.93. The van der Waals surface area contributed by atoms with Crippen LogP contribution in [0.5, 0.6) is 0 Å². The van der Waals surface area contributed by atoms with Crippen molar-refractivity contribution in [3.63, 3.8) is 0 Å². The molecule has 0 aromatic heterocycles. The van der Waals surface area contributed by atoms with Gasteiger partial charge < -0.3 is 1.43 Å². The minimum Gasteiger partial charge on any atom is -1.00 e. The molecule has 1 aromatic carbocycles. The summed E-state index contributed by atoms with van der Waals surface area (Å²) in [6.07, 6.45) is 0. The van der Waals surface area contributed by atoms with Crippen molar-refractivity contribution in [2.24, 2.45) is 0 Å². The van der Waals surface area contributed by atoms with Crippen molar-refractivity contribution in [2.75, 3.05) is 0 Å². The maximum Gasteiger partial charge on any atom is 1.00 e. The quantitative estimate of drug-likeness (QED) is 0.263. The average molecular weight is 261 g/mol. The molecule has 15 heavy (non-hydrogen) atoms. The fourth-order valence-electron chi connectivity index (χ4n) is 0.550. The van der Waals surface area contributed by atoms with Crippen molar-refractivity contribution in [1.82, 2.24) is 0 Å². The van der Waals surface area contributed by atoms with Gasteiger partial charge in [-0.2, -0.15) is 8.42 Å². The molecular formula is C6H8KNO6S. The summed E-state index contributed by atoms with van der Waals surface area (Å²) in [5.41, 5.74) is 0.137. The molecule has 0 aliphatic rings. The molecule has 0 atom stereocenters. The Bertz CT molecular complexity index is 389. The van der Waals surface area contributed by atoms with Crippen LogP contribution in [0.3, 0.4) is 0 Å². The summed E-state index contributed by atoms with van der Waals surface area (Å²) >= 11 is 0. The molecule has 0 aliphatic carbocycles. The Balaban J connectivity index is -0.000000214. The van der Waals surface area contributed by atoms with Crippen LogP contribution < -0.4 is 51.4 Å². The standard InChI is InChI=1S/C6H5NO2.K.H2O4S.H/c8-7(9)6-4-2-1-3-5-6;;1-5(2,3)4;/h1-5H;;(H2,1,2,3,4);/q;+1;;-1. The van der Waals surface area contributed by atoms with Gasteiger partial charge in [0.05, 0.1) is 4.92 Å². The molecule has 0 radical (unpaired) electrons. The third kappa shape index (κ3) is 14.1. The van der Waals surface area contributed by atoms with E-state index in [-0.39, 0.29) is 58.5 Å². The van der Waals surface area contributed by atoms with Crippen molar-refractivity contribution in [3.05, 3.63) is 40.4 Å². The van der Waals surface area contributed by atoms with E-state index in [1.807, 2.05) is 0 Å². The Hall–Kier alpha value is 0.126. The minimum absolute atomic E-state index is 0. The number of rotatable bonds is 1. The van der Waals surface area contributed by atoms with E-state index in [0.717, 1.165) is 0 Å². The van der Waals surface area contributed by atoms with Gasteiger partial charge in [0.2, 0.25) is 0 Å². The van der Waals surface area contributed by atoms with E-state index in [1.54, 1.807) is 18.2 Å². The SMILES string of the molecule is O=S(=O)(O)O.O=[N+]([O-])c1ccccc1.[H-].[K+]. The van der Waals surface area contributed by atoms with Crippen LogP contribution in [0.4, 0.5) is 5.69 Å². The van der Waals surface area contributed by atoms with Gasteiger partial charge in [0.1, 0.15) is 0 Å². The number of nitro benzene ring substituents is 1. The smallest absolute Gasteiger partial charge is 1.00 e. The predicted octanol–water partition coefficient (Wildman–Crippen LogP) is -1.94. The van der Waals surface area contributed by atoms with E-state index < -0.39 is 15.3 Å². The first-order chi connectivity index (χ1) is 6.30. The summed E-state index contributed by atoms with van der Waals surface area (Å²) in [7, 11) is -4.67. The molecular weight excluding hydrogens is 253 g/mol. The van der Waals surface area contributed by atoms with Gasteiger partial charge in [-0.3, -0.25) is 19.2 Å². The summed E-state index contributed by atoms with van der Waals surface area (Å²) < 4.78 is 31.6. The predicted molar refractivity (Wildman–Crippen MR) is 48.4 cm³/mol. The molecule has 7 nitrogen and oxygen atoms in total. The zero-order valence-corrected chi connectivity index (χ0v) is 11.7. The first-order valence-electron chi connectivity index (χ1n) is 3.20. The summed E-state index contributed by atoms with van der Waals surface area (Å²) in [6.45, 7) is 0. The first-order valence-corrected chi connectivity index (χ1v) is 4.59. The van der Waals surface area contributed by atoms with Crippen molar-refractivity contribution in [3.8, 4) is 0 Å². The Morgan fingerprint density at radius 3 is 1.73 bits per heavy atom. The fourth-order valence-corrected chi connectivity index (χ4v) is 0.550. The van der Waals surface area contributed by atoms with Gasteiger partial charge in [-0.1, -0.05) is 18.2 Å². The van der Waals surface area contributed by atoms with Crippen LogP contribution in [0.15, 0.2) is 30.3 Å². The zero-order valence-electron chi connectivity index (χ0n) is 8.77. The van der Waals surface area contributed by atoms with Gasteiger partial charge in [0.15, 0.2) is 0 Å². The second kappa shape index (κ2) is 8.30. The van der Waals surface area contributed by atoms with E-state index in [9.17, 15) is 10.1 Å². The Morgan fingerprint density at radius 1 is 1.20 bits per heavy atom. The zero-order chi connectivity index (χ0) is 11.2. The number of nitrogens with zero attached hydrogens (tertiary/aromatic N) is 1. The number of para-hydroxylation sites is 1. The average Bonchev–Trinajstić information content (AvgIpc) is 2.03. The third-order valence-electron chi connectivity index (χ3n) is 0.967. The molecule has 0 unspecified atom stereocenters. The van der Waals surface area contributed by atoms with Gasteiger partial charge in [-0.15, -0.1) is 0 Å². The van der Waals surface area contributed by atoms with Crippen LogP contribution in [0.25, 0.3) is 0 Å². The van der Waals surface area contributed by atoms with Gasteiger partial charge in [0, 0.05) is 12.1 Å². The fraction of sp³-hybridized carbons (Fsp3) is 0. The molecule has 0 amide bonds. The molecule has 0 saturated carbocycles. The third-order valence-corrected chi connectivity index (χ3v) is 0.967. The van der Waals surface area contributed by atoms with Crippen molar-refractivity contribution in [1.29, 1.82) is 0 Å². The second-order valence-electron chi connectivity index (χ2n) is 2.04. The molecule has 2 N–H and O–H groups in total. The van der Waals surface area contributed by atoms with E-state index in [0.29, 0.717) is 0 Å². The molecule has 0 saturated heterocycles. The van der Waals surface area contributed by atoms with Crippen molar-refractivity contribution < 1.29 is 75.3 Å². The largest absolute Gasteiger partial charge is 1.00 e. The summed E-state index contributed by atoms with van der Waals surface area (Å²) in [4.78, 5) is 9.59. The van der Waals surface area contributed by atoms with Crippen LogP contribution >= 0.6 is 0 Å². The normalized spacial score (nSPS) is 9.20. The molecule has 1 rings (SSSR count). The Labute approximate surface area is 130 Å². The second-order valence-corrected chi connectivity index (χ2v) is 2.94. The molecule has 1 aromatic rings. The Morgan fingerprint density at radius 2 is 1.53 bits per heavy atom. The molecule has 0 bridgehead atoms. The first kappa shape index (κ1) is 17.5. The summed E-state index contributed by atoms with van der Waals surface area (Å²) in [5, 5.41) is 10.0. The molecule has 0 aliphatic heterocycles. The molecule has 0 fully saturated rings. The number of benzene rings is 1. The van der Waals surface area contributed by atoms with E-state index in [2.05, 4.69) is 0 Å². The van der Waals surface area contributed by atoms with Crippen LogP contribution in [0, 0.1) is 10.1 Å². The van der Waals surface area contributed by atoms with Gasteiger partial charge in [0.25, 0.3) is 5.69 Å². The molecule has 0 spiro atoms. The maximum atomic E-state index is 10.0. The molecule has 0 heterocycles. The van der Waals surface area contributed by atoms with E-state index in [4.69, 9.17) is 17.5 Å². The Kier molecular flexibility index (Phi) is 9.69. The number of hydrogen-bond donors (Lipinski definition) is 2. The molecule has 9 heteroatoms. The van der Waals surface area contributed by atoms with Crippen LogP contribution in [-0.2, 0) is 10.4 Å². The number of non-ortho nitro benzene ring substituents is 1. The molecule has 80 valence electrons. The van der Waals surface area contributed by atoms with E-state index >= 15 is 0 Å². The topological polar surface area (TPSA) is 118 Å². The monoisotopic (exact) mass is 261 g/mol. The van der Waals surface area contributed by atoms with E-state index in [1.165, 1.54) is 12.1 Å². The van der Waals surface area contributed by atoms with Gasteiger partial charge in [-0.05, 0) is 0 Å². The van der Waals surface area contributed by atoms with Crippen LogP contribution in [0.1, 0.15) is 1.43 Å². The van der Waals surface area contributed by atoms with Crippen LogP contribution in [0.2, 0.25) is 0 Å². The number of hydrogen-bond acceptors (Lipinski definition) is 4. The maximum absolute atomic E-state index is 10.0. The minimum atomic E-state index is -4.67. The van der Waals surface area contributed by atoms with Crippen LogP contribution in [-0.4, -0.2) is 22.4 Å². The number of nitro groups is 1. The van der Waals surface area contributed by atoms with Gasteiger partial charge in [-0.25, -0.2) is 0 Å². The van der Waals surface area contributed by atoms with Gasteiger partial charge >= 0.3 is 61.8 Å². The van der Waals surface area contributed by atoms with Crippen molar-refractivity contribution >= 4 is 16.1 Å². The van der Waals surface area contributed by atoms with Crippen molar-refractivity contribution in [2.45, 2.75) is 0 Å². The summed E-state index contributed by atoms with van der Waals surface area (Å²) in [5.74, 6) is 0.